The van der Waals surface area contributed by atoms with Crippen LogP contribution >= 0.6 is 0 Å². The first-order chi connectivity index (χ1) is 10.2. The molecule has 0 saturated carbocycles. The highest BCUT2D eigenvalue weighted by Gasteiger charge is 2.32. The molecule has 0 amide bonds. The molecule has 2 rings (SSSR count). The Balaban J connectivity index is 2.23. The zero-order valence-corrected chi connectivity index (χ0v) is 13.9. The maximum atomic E-state index is 6.04. The molecule has 1 saturated heterocycles. The van der Waals surface area contributed by atoms with E-state index in [0.717, 1.165) is 26.2 Å². The highest BCUT2D eigenvalue weighted by atomic mass is 16.5. The fourth-order valence-corrected chi connectivity index (χ4v) is 3.20. The van der Waals surface area contributed by atoms with Crippen molar-refractivity contribution in [2.45, 2.75) is 45.3 Å². The number of nitrogens with one attached hydrogen (secondary N) is 1. The molecule has 1 aliphatic heterocycles. The van der Waals surface area contributed by atoms with Crippen molar-refractivity contribution < 1.29 is 4.74 Å². The van der Waals surface area contributed by atoms with Gasteiger partial charge in [-0.05, 0) is 37.1 Å². The molecular weight excluding hydrogens is 260 g/mol. The molecule has 0 spiro atoms. The Kier molecular flexibility index (Phi) is 6.22. The summed E-state index contributed by atoms with van der Waals surface area (Å²) >= 11 is 0. The molecule has 118 valence electrons. The Bertz CT molecular complexity index is 398. The second-order valence-electron chi connectivity index (χ2n) is 6.27. The van der Waals surface area contributed by atoms with E-state index in [1.807, 2.05) is 7.05 Å². The molecule has 3 heteroatoms. The van der Waals surface area contributed by atoms with Crippen molar-refractivity contribution in [3.8, 4) is 0 Å². The van der Waals surface area contributed by atoms with Gasteiger partial charge < -0.3 is 10.1 Å². The molecule has 21 heavy (non-hydrogen) atoms. The van der Waals surface area contributed by atoms with Gasteiger partial charge in [0.15, 0.2) is 0 Å². The average Bonchev–Trinajstić information content (AvgIpc) is 2.48. The van der Waals surface area contributed by atoms with Crippen LogP contribution in [-0.4, -0.2) is 44.3 Å². The van der Waals surface area contributed by atoms with Crippen LogP contribution < -0.4 is 5.32 Å². The maximum Gasteiger partial charge on any atom is 0.0896 e. The monoisotopic (exact) mass is 290 g/mol. The van der Waals surface area contributed by atoms with Crippen LogP contribution in [0.3, 0.4) is 0 Å². The minimum Gasteiger partial charge on any atom is -0.374 e. The summed E-state index contributed by atoms with van der Waals surface area (Å²) < 4.78 is 6.04. The van der Waals surface area contributed by atoms with Gasteiger partial charge in [-0.1, -0.05) is 45.0 Å². The number of hydrogen-bond donors (Lipinski definition) is 1. The van der Waals surface area contributed by atoms with Gasteiger partial charge in [0.05, 0.1) is 18.8 Å². The molecule has 1 aromatic rings. The van der Waals surface area contributed by atoms with E-state index >= 15 is 0 Å². The summed E-state index contributed by atoms with van der Waals surface area (Å²) in [6.07, 6.45) is 1.42. The van der Waals surface area contributed by atoms with E-state index in [4.69, 9.17) is 4.74 Å². The van der Waals surface area contributed by atoms with Crippen LogP contribution in [-0.2, 0) is 4.74 Å². The SMILES string of the molecule is CCCN1CCOC(CNC)C1c1ccc(C(C)C)cc1. The van der Waals surface area contributed by atoms with Gasteiger partial charge in [0.25, 0.3) is 0 Å². The van der Waals surface area contributed by atoms with Crippen molar-refractivity contribution >= 4 is 0 Å². The zero-order valence-electron chi connectivity index (χ0n) is 13.9. The average molecular weight is 290 g/mol. The first kappa shape index (κ1) is 16.5. The summed E-state index contributed by atoms with van der Waals surface area (Å²) in [5.74, 6) is 0.585. The second kappa shape index (κ2) is 7.92. The lowest BCUT2D eigenvalue weighted by Gasteiger charge is -2.41. The van der Waals surface area contributed by atoms with Gasteiger partial charge in [0, 0.05) is 13.1 Å². The van der Waals surface area contributed by atoms with Crippen LogP contribution in [0.1, 0.15) is 50.3 Å². The van der Waals surface area contributed by atoms with Crippen LogP contribution in [0.5, 0.6) is 0 Å². The van der Waals surface area contributed by atoms with Gasteiger partial charge in [-0.3, -0.25) is 4.90 Å². The van der Waals surface area contributed by atoms with Crippen molar-refractivity contribution in [1.29, 1.82) is 0 Å². The molecule has 1 aromatic carbocycles. The number of hydrogen-bond acceptors (Lipinski definition) is 3. The summed E-state index contributed by atoms with van der Waals surface area (Å²) in [5, 5.41) is 3.28. The van der Waals surface area contributed by atoms with Crippen molar-refractivity contribution in [3.63, 3.8) is 0 Å². The molecule has 1 aliphatic rings. The number of rotatable bonds is 6. The van der Waals surface area contributed by atoms with E-state index in [-0.39, 0.29) is 6.10 Å². The van der Waals surface area contributed by atoms with Crippen LogP contribution in [0, 0.1) is 0 Å². The Hall–Kier alpha value is -0.900. The minimum atomic E-state index is 0.236. The number of morpholine rings is 1. The lowest BCUT2D eigenvalue weighted by Crippen LogP contribution is -2.48. The van der Waals surface area contributed by atoms with E-state index in [1.165, 1.54) is 17.5 Å². The predicted molar refractivity (Wildman–Crippen MR) is 88.8 cm³/mol. The Morgan fingerprint density at radius 2 is 2.00 bits per heavy atom. The summed E-state index contributed by atoms with van der Waals surface area (Å²) in [6.45, 7) is 10.6. The van der Waals surface area contributed by atoms with E-state index in [9.17, 15) is 0 Å². The molecule has 0 bridgehead atoms. The third-order valence-corrected chi connectivity index (χ3v) is 4.32. The Morgan fingerprint density at radius 1 is 1.29 bits per heavy atom. The highest BCUT2D eigenvalue weighted by molar-refractivity contribution is 5.28. The lowest BCUT2D eigenvalue weighted by atomic mass is 9.94. The van der Waals surface area contributed by atoms with Crippen LogP contribution in [0.2, 0.25) is 0 Å². The molecule has 0 aromatic heterocycles. The predicted octanol–water partition coefficient (Wildman–Crippen LogP) is 3.18. The summed E-state index contributed by atoms with van der Waals surface area (Å²) in [4.78, 5) is 2.58. The Labute approximate surface area is 129 Å². The number of nitrogens with zero attached hydrogens (tertiary/aromatic N) is 1. The molecule has 1 N–H and O–H groups in total. The van der Waals surface area contributed by atoms with Crippen LogP contribution in [0.4, 0.5) is 0 Å². The third kappa shape index (κ3) is 4.06. The maximum absolute atomic E-state index is 6.04. The molecule has 0 radical (unpaired) electrons. The van der Waals surface area contributed by atoms with Crippen molar-refractivity contribution in [1.82, 2.24) is 10.2 Å². The Morgan fingerprint density at radius 3 is 2.57 bits per heavy atom. The van der Waals surface area contributed by atoms with Gasteiger partial charge in [-0.2, -0.15) is 0 Å². The van der Waals surface area contributed by atoms with Crippen LogP contribution in [0.25, 0.3) is 0 Å². The van der Waals surface area contributed by atoms with E-state index in [0.29, 0.717) is 12.0 Å². The highest BCUT2D eigenvalue weighted by Crippen LogP contribution is 2.30. The lowest BCUT2D eigenvalue weighted by molar-refractivity contribution is -0.0704. The molecule has 1 fully saturated rings. The zero-order chi connectivity index (χ0) is 15.2. The van der Waals surface area contributed by atoms with Crippen molar-refractivity contribution in [2.75, 3.05) is 33.3 Å². The second-order valence-corrected chi connectivity index (χ2v) is 6.27. The van der Waals surface area contributed by atoms with Gasteiger partial charge in [0.1, 0.15) is 0 Å². The molecule has 2 atom stereocenters. The molecule has 1 heterocycles. The molecular formula is C18H30N2O. The van der Waals surface area contributed by atoms with Gasteiger partial charge in [0.2, 0.25) is 0 Å². The summed E-state index contributed by atoms with van der Waals surface area (Å²) in [7, 11) is 2.00. The first-order valence-corrected chi connectivity index (χ1v) is 8.27. The smallest absolute Gasteiger partial charge is 0.0896 e. The third-order valence-electron chi connectivity index (χ3n) is 4.32. The number of ether oxygens (including phenoxy) is 1. The van der Waals surface area contributed by atoms with Gasteiger partial charge in [-0.25, -0.2) is 0 Å². The van der Waals surface area contributed by atoms with E-state index < -0.39 is 0 Å². The van der Waals surface area contributed by atoms with Crippen LogP contribution in [0.15, 0.2) is 24.3 Å². The fraction of sp³-hybridized carbons (Fsp3) is 0.667. The molecule has 2 unspecified atom stereocenters. The van der Waals surface area contributed by atoms with Gasteiger partial charge in [-0.15, -0.1) is 0 Å². The number of likely N-dealkylation sites (N-methyl/N-ethyl adjacent to an activating group) is 1. The normalized spacial score (nSPS) is 23.7. The van der Waals surface area contributed by atoms with Crippen molar-refractivity contribution in [3.05, 3.63) is 35.4 Å². The molecule has 0 aliphatic carbocycles. The summed E-state index contributed by atoms with van der Waals surface area (Å²) in [6, 6.07) is 9.50. The first-order valence-electron chi connectivity index (χ1n) is 8.27. The fourth-order valence-electron chi connectivity index (χ4n) is 3.20. The molecule has 3 nitrogen and oxygen atoms in total. The standard InChI is InChI=1S/C18H30N2O/c1-5-10-20-11-12-21-17(13-19-4)18(20)16-8-6-15(7-9-16)14(2)3/h6-9,14,17-19H,5,10-13H2,1-4H3. The summed E-state index contributed by atoms with van der Waals surface area (Å²) in [5.41, 5.74) is 2.79. The van der Waals surface area contributed by atoms with Crippen molar-refractivity contribution in [2.24, 2.45) is 0 Å². The number of benzene rings is 1. The minimum absolute atomic E-state index is 0.236. The topological polar surface area (TPSA) is 24.5 Å². The quantitative estimate of drug-likeness (QED) is 0.871. The largest absolute Gasteiger partial charge is 0.374 e. The van der Waals surface area contributed by atoms with Gasteiger partial charge >= 0.3 is 0 Å². The van der Waals surface area contributed by atoms with E-state index in [2.05, 4.69) is 55.3 Å². The van der Waals surface area contributed by atoms with E-state index in [1.54, 1.807) is 0 Å².